The molecular weight excluding hydrogens is 326 g/mol. The summed E-state index contributed by atoms with van der Waals surface area (Å²) in [6.07, 6.45) is 2.58. The van der Waals surface area contributed by atoms with Crippen molar-refractivity contribution in [3.8, 4) is 5.75 Å². The van der Waals surface area contributed by atoms with Crippen LogP contribution in [0.2, 0.25) is 0 Å². The van der Waals surface area contributed by atoms with E-state index in [9.17, 15) is 19.7 Å². The average molecular weight is 341 g/mol. The van der Waals surface area contributed by atoms with Gasteiger partial charge in [0.1, 0.15) is 6.20 Å². The third-order valence-corrected chi connectivity index (χ3v) is 3.84. The highest BCUT2D eigenvalue weighted by atomic mass is 16.6. The van der Waals surface area contributed by atoms with Crippen molar-refractivity contribution in [3.63, 3.8) is 0 Å². The molecule has 1 aliphatic rings. The van der Waals surface area contributed by atoms with Crippen molar-refractivity contribution in [2.75, 3.05) is 18.1 Å². The molecule has 1 saturated heterocycles. The number of ether oxygens (including phenoxy) is 1. The number of benzene rings is 1. The van der Waals surface area contributed by atoms with Crippen molar-refractivity contribution < 1.29 is 19.2 Å². The fourth-order valence-electron chi connectivity index (χ4n) is 2.63. The van der Waals surface area contributed by atoms with E-state index in [-0.39, 0.29) is 24.0 Å². The second-order valence-electron chi connectivity index (χ2n) is 5.49. The van der Waals surface area contributed by atoms with Crippen molar-refractivity contribution in [2.24, 2.45) is 0 Å². The second-order valence-corrected chi connectivity index (χ2v) is 5.49. The van der Waals surface area contributed by atoms with Gasteiger partial charge >= 0.3 is 5.82 Å². The zero-order valence-corrected chi connectivity index (χ0v) is 13.3. The van der Waals surface area contributed by atoms with Crippen molar-refractivity contribution >= 4 is 23.2 Å². The summed E-state index contributed by atoms with van der Waals surface area (Å²) in [5.41, 5.74) is 1.05. The van der Waals surface area contributed by atoms with E-state index in [1.807, 2.05) is 0 Å². The molecule has 0 radical (unpaired) electrons. The summed E-state index contributed by atoms with van der Waals surface area (Å²) >= 11 is 0. The van der Waals surface area contributed by atoms with Crippen molar-refractivity contribution in [1.82, 2.24) is 4.98 Å². The maximum absolute atomic E-state index is 12.3. The largest absolute Gasteiger partial charge is 0.477 e. The van der Waals surface area contributed by atoms with E-state index >= 15 is 0 Å². The molecule has 0 saturated carbocycles. The molecule has 25 heavy (non-hydrogen) atoms. The summed E-state index contributed by atoms with van der Waals surface area (Å²) in [6.45, 7) is 0.277. The summed E-state index contributed by atoms with van der Waals surface area (Å²) in [6, 6.07) is 9.59. The average Bonchev–Trinajstić information content (AvgIpc) is 3.06. The minimum Gasteiger partial charge on any atom is -0.477 e. The van der Waals surface area contributed by atoms with Gasteiger partial charge in [-0.15, -0.1) is 0 Å². The van der Waals surface area contributed by atoms with Crippen LogP contribution < -0.4 is 9.64 Å². The number of hydrogen-bond acceptors (Lipinski definition) is 6. The van der Waals surface area contributed by atoms with Crippen LogP contribution in [0.1, 0.15) is 23.2 Å². The van der Waals surface area contributed by atoms with Crippen LogP contribution >= 0.6 is 0 Å². The zero-order valence-electron chi connectivity index (χ0n) is 13.3. The Hall–Kier alpha value is -3.29. The summed E-state index contributed by atoms with van der Waals surface area (Å²) in [7, 11) is 0. The number of amides is 1. The van der Waals surface area contributed by atoms with Crippen LogP contribution in [0.15, 0.2) is 42.6 Å². The smallest absolute Gasteiger partial charge is 0.406 e. The Balaban J connectivity index is 1.72. The molecule has 8 nitrogen and oxygen atoms in total. The van der Waals surface area contributed by atoms with Crippen LogP contribution in [0, 0.1) is 10.1 Å². The SMILES string of the molecule is O=C(COc1cccnc1[N+](=O)[O-])c1cccc(N2CCCC2=O)c1. The molecule has 2 aromatic rings. The highest BCUT2D eigenvalue weighted by molar-refractivity contribution is 6.00. The Kier molecular flexibility index (Phi) is 4.69. The number of aromatic nitrogens is 1. The van der Waals surface area contributed by atoms with Crippen LogP contribution in [-0.2, 0) is 4.79 Å². The van der Waals surface area contributed by atoms with E-state index < -0.39 is 10.7 Å². The molecule has 1 fully saturated rings. The second kappa shape index (κ2) is 7.08. The topological polar surface area (TPSA) is 103 Å². The van der Waals surface area contributed by atoms with Crippen LogP contribution in [0.25, 0.3) is 0 Å². The first-order valence-electron chi connectivity index (χ1n) is 7.72. The lowest BCUT2D eigenvalue weighted by atomic mass is 10.1. The fraction of sp³-hybridized carbons (Fsp3) is 0.235. The first kappa shape index (κ1) is 16.6. The molecule has 0 atom stereocenters. The monoisotopic (exact) mass is 341 g/mol. The van der Waals surface area contributed by atoms with Gasteiger partial charge in [0.25, 0.3) is 0 Å². The highest BCUT2D eigenvalue weighted by Crippen LogP contribution is 2.24. The number of ketones is 1. The number of rotatable bonds is 6. The minimum atomic E-state index is -0.667. The number of Topliss-reactive ketones (excluding diaryl/α,β-unsaturated/α-hetero) is 1. The Morgan fingerprint density at radius 3 is 2.88 bits per heavy atom. The van der Waals surface area contributed by atoms with E-state index in [4.69, 9.17) is 4.74 Å². The third kappa shape index (κ3) is 3.63. The predicted octanol–water partition coefficient (Wildman–Crippen LogP) is 2.38. The highest BCUT2D eigenvalue weighted by Gasteiger charge is 2.22. The Morgan fingerprint density at radius 2 is 2.16 bits per heavy atom. The molecule has 1 amide bonds. The molecule has 1 aliphatic heterocycles. The van der Waals surface area contributed by atoms with Crippen molar-refractivity contribution in [3.05, 3.63) is 58.3 Å². The molecule has 0 spiro atoms. The van der Waals surface area contributed by atoms with Gasteiger partial charge in [0.15, 0.2) is 12.4 Å². The quantitative estimate of drug-likeness (QED) is 0.454. The number of carbonyl (C=O) groups is 2. The zero-order chi connectivity index (χ0) is 17.8. The summed E-state index contributed by atoms with van der Waals surface area (Å²) < 4.78 is 5.27. The molecule has 2 heterocycles. The molecule has 0 N–H and O–H groups in total. The van der Waals surface area contributed by atoms with Crippen molar-refractivity contribution in [2.45, 2.75) is 12.8 Å². The number of hydrogen-bond donors (Lipinski definition) is 0. The maximum Gasteiger partial charge on any atom is 0.406 e. The van der Waals surface area contributed by atoms with Gasteiger partial charge < -0.3 is 19.8 Å². The van der Waals surface area contributed by atoms with E-state index in [0.29, 0.717) is 24.2 Å². The van der Waals surface area contributed by atoms with E-state index in [1.165, 1.54) is 18.3 Å². The third-order valence-electron chi connectivity index (χ3n) is 3.84. The number of nitro groups is 1. The summed E-state index contributed by atoms with van der Waals surface area (Å²) in [5, 5.41) is 10.9. The first-order chi connectivity index (χ1) is 12.1. The van der Waals surface area contributed by atoms with Crippen molar-refractivity contribution in [1.29, 1.82) is 0 Å². The molecular formula is C17H15N3O5. The molecule has 0 bridgehead atoms. The molecule has 0 unspecified atom stereocenters. The number of pyridine rings is 1. The van der Waals surface area contributed by atoms with Gasteiger partial charge in [-0.2, -0.15) is 0 Å². The molecule has 3 rings (SSSR count). The van der Waals surface area contributed by atoms with E-state index in [0.717, 1.165) is 6.42 Å². The first-order valence-corrected chi connectivity index (χ1v) is 7.72. The lowest BCUT2D eigenvalue weighted by Gasteiger charge is -2.16. The van der Waals surface area contributed by atoms with Crippen LogP contribution in [-0.4, -0.2) is 34.7 Å². The molecule has 1 aromatic heterocycles. The van der Waals surface area contributed by atoms with Crippen LogP contribution in [0.3, 0.4) is 0 Å². The van der Waals surface area contributed by atoms with Gasteiger partial charge in [0, 0.05) is 24.2 Å². The molecule has 128 valence electrons. The Labute approximate surface area is 143 Å². The van der Waals surface area contributed by atoms with E-state index in [1.54, 1.807) is 29.2 Å². The minimum absolute atomic E-state index is 0.0341. The number of carbonyl (C=O) groups excluding carboxylic acids is 2. The lowest BCUT2D eigenvalue weighted by molar-refractivity contribution is -0.390. The Morgan fingerprint density at radius 1 is 1.32 bits per heavy atom. The van der Waals surface area contributed by atoms with Crippen LogP contribution in [0.4, 0.5) is 11.5 Å². The van der Waals surface area contributed by atoms with Gasteiger partial charge in [-0.1, -0.05) is 12.1 Å². The number of anilines is 1. The Bertz CT molecular complexity index is 837. The van der Waals surface area contributed by atoms with Gasteiger partial charge in [-0.3, -0.25) is 9.59 Å². The van der Waals surface area contributed by atoms with Gasteiger partial charge in [0.05, 0.1) is 0 Å². The normalized spacial score (nSPS) is 13.8. The summed E-state index contributed by atoms with van der Waals surface area (Å²) in [5.74, 6) is -0.808. The summed E-state index contributed by atoms with van der Waals surface area (Å²) in [4.78, 5) is 39.6. The van der Waals surface area contributed by atoms with Gasteiger partial charge in [-0.25, -0.2) is 0 Å². The lowest BCUT2D eigenvalue weighted by Crippen LogP contribution is -2.24. The standard InChI is InChI=1S/C17H15N3O5/c21-14(11-25-15-6-2-8-18-17(15)20(23)24)12-4-1-5-13(10-12)19-9-3-7-16(19)22/h1-2,4-6,8,10H,3,7,9,11H2. The molecule has 0 aliphatic carbocycles. The van der Waals surface area contributed by atoms with E-state index in [2.05, 4.69) is 4.98 Å². The number of nitrogens with zero attached hydrogens (tertiary/aromatic N) is 3. The molecule has 1 aromatic carbocycles. The predicted molar refractivity (Wildman–Crippen MR) is 88.7 cm³/mol. The maximum atomic E-state index is 12.3. The van der Waals surface area contributed by atoms with Crippen LogP contribution in [0.5, 0.6) is 5.75 Å². The molecule has 8 heteroatoms. The fourth-order valence-corrected chi connectivity index (χ4v) is 2.63. The van der Waals surface area contributed by atoms with Gasteiger partial charge in [-0.05, 0) is 40.6 Å². The van der Waals surface area contributed by atoms with Gasteiger partial charge in [0.2, 0.25) is 11.7 Å².